The summed E-state index contributed by atoms with van der Waals surface area (Å²) in [5.74, 6) is -0.769. The maximum Gasteiger partial charge on any atom is 0.407 e. The predicted octanol–water partition coefficient (Wildman–Crippen LogP) is 2.54. The number of carbonyl (C=O) groups excluding carboxylic acids is 1. The third-order valence-corrected chi connectivity index (χ3v) is 4.88. The molecule has 2 aromatic rings. The van der Waals surface area contributed by atoms with Gasteiger partial charge in [0.15, 0.2) is 0 Å². The van der Waals surface area contributed by atoms with E-state index >= 15 is 0 Å². The molecule has 0 radical (unpaired) electrons. The molecule has 0 aliphatic rings. The Labute approximate surface area is 136 Å². The van der Waals surface area contributed by atoms with Crippen LogP contribution in [0, 0.1) is 0 Å². The van der Waals surface area contributed by atoms with Gasteiger partial charge < -0.3 is 5.73 Å². The van der Waals surface area contributed by atoms with Gasteiger partial charge in [0.25, 0.3) is 10.0 Å². The predicted molar refractivity (Wildman–Crippen MR) is 82.0 cm³/mol. The molecule has 0 bridgehead atoms. The van der Waals surface area contributed by atoms with Gasteiger partial charge in [0.1, 0.15) is 6.54 Å². The lowest BCUT2D eigenvalue weighted by atomic mass is 10.2. The fourth-order valence-electron chi connectivity index (χ4n) is 1.99. The summed E-state index contributed by atoms with van der Waals surface area (Å²) in [6, 6.07) is 11.3. The van der Waals surface area contributed by atoms with Crippen LogP contribution in [0.25, 0.3) is 0 Å². The van der Waals surface area contributed by atoms with Gasteiger partial charge in [-0.05, 0) is 36.4 Å². The Balaban J connectivity index is 2.51. The second-order valence-corrected chi connectivity index (χ2v) is 6.71. The Morgan fingerprint density at radius 1 is 1.00 bits per heavy atom. The Morgan fingerprint density at radius 3 is 2.00 bits per heavy atom. The van der Waals surface area contributed by atoms with Gasteiger partial charge in [0.05, 0.1) is 10.6 Å². The van der Waals surface area contributed by atoms with Crippen molar-refractivity contribution in [2.45, 2.75) is 11.1 Å². The second-order valence-electron chi connectivity index (χ2n) is 4.85. The molecule has 0 aliphatic carbocycles. The lowest BCUT2D eigenvalue weighted by Gasteiger charge is -2.25. The van der Waals surface area contributed by atoms with Crippen LogP contribution in [0.4, 0.5) is 18.9 Å². The van der Waals surface area contributed by atoms with Crippen LogP contribution in [-0.4, -0.2) is 27.0 Å². The van der Waals surface area contributed by atoms with E-state index in [1.807, 2.05) is 0 Å². The second kappa shape index (κ2) is 6.52. The van der Waals surface area contributed by atoms with Crippen molar-refractivity contribution in [3.8, 4) is 0 Å². The van der Waals surface area contributed by atoms with E-state index in [2.05, 4.69) is 0 Å². The normalized spacial score (nSPS) is 12.0. The van der Waals surface area contributed by atoms with Gasteiger partial charge in [-0.15, -0.1) is 0 Å². The first kappa shape index (κ1) is 17.8. The molecule has 0 heterocycles. The Bertz CT molecular complexity index is 819. The molecule has 2 aromatic carbocycles. The van der Waals surface area contributed by atoms with Gasteiger partial charge in [-0.25, -0.2) is 8.42 Å². The number of amides is 1. The van der Waals surface area contributed by atoms with Crippen molar-refractivity contribution < 1.29 is 26.4 Å². The van der Waals surface area contributed by atoms with E-state index in [9.17, 15) is 26.4 Å². The number of benzene rings is 2. The number of rotatable bonds is 5. The lowest BCUT2D eigenvalue weighted by Crippen LogP contribution is -2.39. The van der Waals surface area contributed by atoms with Crippen LogP contribution in [0.5, 0.6) is 0 Å². The summed E-state index contributed by atoms with van der Waals surface area (Å²) in [7, 11) is -4.42. The zero-order valence-electron chi connectivity index (χ0n) is 12.2. The molecule has 0 fully saturated rings. The van der Waals surface area contributed by atoms with Crippen molar-refractivity contribution in [2.75, 3.05) is 10.8 Å². The first-order valence-corrected chi connectivity index (χ1v) is 8.10. The van der Waals surface area contributed by atoms with Crippen molar-refractivity contribution in [3.05, 3.63) is 60.2 Å². The Morgan fingerprint density at radius 2 is 1.54 bits per heavy atom. The van der Waals surface area contributed by atoms with Crippen LogP contribution in [0.2, 0.25) is 0 Å². The number of hydrogen-bond acceptors (Lipinski definition) is 3. The van der Waals surface area contributed by atoms with E-state index in [-0.39, 0.29) is 20.5 Å². The number of primary amides is 1. The molecule has 0 aromatic heterocycles. The third-order valence-electron chi connectivity index (χ3n) is 3.09. The highest BCUT2D eigenvalue weighted by Crippen LogP contribution is 2.28. The first-order chi connectivity index (χ1) is 11.1. The largest absolute Gasteiger partial charge is 0.407 e. The number of nitrogens with zero attached hydrogens (tertiary/aromatic N) is 1. The highest BCUT2D eigenvalue weighted by Gasteiger charge is 2.37. The number of sulfonamides is 1. The maximum absolute atomic E-state index is 12.9. The molecule has 0 saturated carbocycles. The molecule has 1 amide bonds. The lowest BCUT2D eigenvalue weighted by molar-refractivity contribution is -0.117. The summed E-state index contributed by atoms with van der Waals surface area (Å²) in [6.07, 6.45) is -4.75. The summed E-state index contributed by atoms with van der Waals surface area (Å²) in [4.78, 5) is 10.8. The third kappa shape index (κ3) is 4.05. The first-order valence-electron chi connectivity index (χ1n) is 6.66. The highest BCUT2D eigenvalue weighted by molar-refractivity contribution is 7.92. The van der Waals surface area contributed by atoms with Gasteiger partial charge in [0, 0.05) is 5.56 Å². The summed E-state index contributed by atoms with van der Waals surface area (Å²) in [6.45, 7) is -1.69. The Kier molecular flexibility index (Phi) is 4.83. The number of halogens is 3. The minimum Gasteiger partial charge on any atom is -0.366 e. The van der Waals surface area contributed by atoms with Gasteiger partial charge in [-0.2, -0.15) is 13.2 Å². The van der Waals surface area contributed by atoms with Gasteiger partial charge in [0.2, 0.25) is 5.91 Å². The SMILES string of the molecule is NC(=O)c1ccc(N(CC(F)(F)F)S(=O)(=O)c2ccccc2)cc1. The van der Waals surface area contributed by atoms with Crippen LogP contribution in [0.3, 0.4) is 0 Å². The quantitative estimate of drug-likeness (QED) is 0.892. The monoisotopic (exact) mass is 358 g/mol. The molecular weight excluding hydrogens is 345 g/mol. The van der Waals surface area contributed by atoms with Crippen LogP contribution >= 0.6 is 0 Å². The fourth-order valence-corrected chi connectivity index (χ4v) is 3.46. The van der Waals surface area contributed by atoms with E-state index in [1.54, 1.807) is 6.07 Å². The minimum atomic E-state index is -4.75. The number of anilines is 1. The maximum atomic E-state index is 12.9. The van der Waals surface area contributed by atoms with E-state index in [0.717, 1.165) is 12.1 Å². The standard InChI is InChI=1S/C15H13F3N2O3S/c16-15(17,18)10-20(12-8-6-11(7-9-12)14(19)21)24(22,23)13-4-2-1-3-5-13/h1-9H,10H2,(H2,19,21). The highest BCUT2D eigenvalue weighted by atomic mass is 32.2. The fraction of sp³-hybridized carbons (Fsp3) is 0.133. The van der Waals surface area contributed by atoms with E-state index in [4.69, 9.17) is 5.73 Å². The summed E-state index contributed by atoms with van der Waals surface area (Å²) in [5, 5.41) is 0. The number of hydrogen-bond donors (Lipinski definition) is 1. The van der Waals surface area contributed by atoms with E-state index in [1.165, 1.54) is 36.4 Å². The molecule has 0 saturated heterocycles. The smallest absolute Gasteiger partial charge is 0.366 e. The molecular formula is C15H13F3N2O3S. The average molecular weight is 358 g/mol. The van der Waals surface area contributed by atoms with Gasteiger partial charge in [-0.1, -0.05) is 18.2 Å². The molecule has 9 heteroatoms. The molecule has 2 N–H and O–H groups in total. The molecule has 0 atom stereocenters. The number of alkyl halides is 3. The molecule has 24 heavy (non-hydrogen) atoms. The van der Waals surface area contributed by atoms with E-state index in [0.29, 0.717) is 0 Å². The van der Waals surface area contributed by atoms with Crippen molar-refractivity contribution in [1.29, 1.82) is 0 Å². The Hall–Kier alpha value is -2.55. The molecule has 128 valence electrons. The van der Waals surface area contributed by atoms with E-state index < -0.39 is 28.7 Å². The molecule has 0 unspecified atom stereocenters. The average Bonchev–Trinajstić information content (AvgIpc) is 2.52. The number of nitrogens with two attached hydrogens (primary N) is 1. The topological polar surface area (TPSA) is 80.5 Å². The van der Waals surface area contributed by atoms with Crippen molar-refractivity contribution in [3.63, 3.8) is 0 Å². The van der Waals surface area contributed by atoms with Crippen LogP contribution < -0.4 is 10.0 Å². The minimum absolute atomic E-state index is 0.0582. The van der Waals surface area contributed by atoms with Gasteiger partial charge in [-0.3, -0.25) is 9.10 Å². The zero-order chi connectivity index (χ0) is 18.0. The molecule has 2 rings (SSSR count). The summed E-state index contributed by atoms with van der Waals surface area (Å²) in [5.41, 5.74) is 4.90. The zero-order valence-corrected chi connectivity index (χ0v) is 13.0. The summed E-state index contributed by atoms with van der Waals surface area (Å²) >= 11 is 0. The van der Waals surface area contributed by atoms with Crippen molar-refractivity contribution >= 4 is 21.6 Å². The summed E-state index contributed by atoms with van der Waals surface area (Å²) < 4.78 is 64.0. The van der Waals surface area contributed by atoms with Crippen molar-refractivity contribution in [1.82, 2.24) is 0 Å². The van der Waals surface area contributed by atoms with Gasteiger partial charge >= 0.3 is 6.18 Å². The number of carbonyl (C=O) groups is 1. The van der Waals surface area contributed by atoms with Crippen LogP contribution in [0.15, 0.2) is 59.5 Å². The molecule has 0 spiro atoms. The molecule has 0 aliphatic heterocycles. The van der Waals surface area contributed by atoms with Crippen molar-refractivity contribution in [2.24, 2.45) is 5.73 Å². The molecule has 5 nitrogen and oxygen atoms in total. The van der Waals surface area contributed by atoms with Crippen LogP contribution in [-0.2, 0) is 10.0 Å². The van der Waals surface area contributed by atoms with Crippen LogP contribution in [0.1, 0.15) is 10.4 Å².